The van der Waals surface area contributed by atoms with Gasteiger partial charge in [0.1, 0.15) is 0 Å². The molecule has 0 saturated carbocycles. The lowest BCUT2D eigenvalue weighted by atomic mass is 10.0. The minimum atomic E-state index is 0.227. The SMILES string of the molecule is CC(C)CN1CCC(N)C1c1cncc(Br)c1. The van der Waals surface area contributed by atoms with Crippen LogP contribution in [0.25, 0.3) is 0 Å². The van der Waals surface area contributed by atoms with Crippen LogP contribution < -0.4 is 5.73 Å². The van der Waals surface area contributed by atoms with Crippen molar-refractivity contribution in [2.75, 3.05) is 13.1 Å². The maximum absolute atomic E-state index is 6.24. The van der Waals surface area contributed by atoms with Gasteiger partial charge in [0.05, 0.1) is 6.04 Å². The topological polar surface area (TPSA) is 42.1 Å². The Balaban J connectivity index is 2.21. The van der Waals surface area contributed by atoms with Gasteiger partial charge in [-0.2, -0.15) is 0 Å². The van der Waals surface area contributed by atoms with Crippen LogP contribution in [0.5, 0.6) is 0 Å². The molecule has 3 nitrogen and oxygen atoms in total. The first-order valence-corrected chi connectivity index (χ1v) is 6.97. The van der Waals surface area contributed by atoms with Gasteiger partial charge in [-0.05, 0) is 39.9 Å². The molecule has 2 heterocycles. The second-order valence-corrected chi connectivity index (χ2v) is 6.14. The average molecular weight is 298 g/mol. The Morgan fingerprint density at radius 2 is 2.29 bits per heavy atom. The monoisotopic (exact) mass is 297 g/mol. The highest BCUT2D eigenvalue weighted by molar-refractivity contribution is 9.10. The van der Waals surface area contributed by atoms with E-state index in [9.17, 15) is 0 Å². The normalized spacial score (nSPS) is 25.7. The van der Waals surface area contributed by atoms with Gasteiger partial charge in [0, 0.05) is 36.0 Å². The van der Waals surface area contributed by atoms with Crippen molar-refractivity contribution in [3.05, 3.63) is 28.5 Å². The Kier molecular flexibility index (Phi) is 4.17. The van der Waals surface area contributed by atoms with E-state index in [0.29, 0.717) is 12.0 Å². The molecule has 2 N–H and O–H groups in total. The van der Waals surface area contributed by atoms with E-state index in [0.717, 1.165) is 24.0 Å². The van der Waals surface area contributed by atoms with Crippen molar-refractivity contribution >= 4 is 15.9 Å². The van der Waals surface area contributed by atoms with Gasteiger partial charge < -0.3 is 5.73 Å². The van der Waals surface area contributed by atoms with Crippen molar-refractivity contribution in [3.63, 3.8) is 0 Å². The molecule has 2 unspecified atom stereocenters. The fourth-order valence-electron chi connectivity index (χ4n) is 2.60. The van der Waals surface area contributed by atoms with Crippen LogP contribution in [0.1, 0.15) is 31.9 Å². The molecule has 94 valence electrons. The number of aromatic nitrogens is 1. The summed E-state index contributed by atoms with van der Waals surface area (Å²) in [6, 6.07) is 2.68. The van der Waals surface area contributed by atoms with E-state index in [1.54, 1.807) is 0 Å². The summed E-state index contributed by atoms with van der Waals surface area (Å²) < 4.78 is 1.03. The van der Waals surface area contributed by atoms with Gasteiger partial charge in [-0.25, -0.2) is 0 Å². The summed E-state index contributed by atoms with van der Waals surface area (Å²) in [6.45, 7) is 6.70. The van der Waals surface area contributed by atoms with Crippen molar-refractivity contribution in [2.45, 2.75) is 32.4 Å². The molecule has 2 rings (SSSR count). The van der Waals surface area contributed by atoms with Crippen LogP contribution in [-0.4, -0.2) is 29.0 Å². The highest BCUT2D eigenvalue weighted by atomic mass is 79.9. The van der Waals surface area contributed by atoms with E-state index < -0.39 is 0 Å². The van der Waals surface area contributed by atoms with Crippen LogP contribution in [-0.2, 0) is 0 Å². The van der Waals surface area contributed by atoms with Gasteiger partial charge in [-0.3, -0.25) is 9.88 Å². The summed E-state index contributed by atoms with van der Waals surface area (Å²) in [5.41, 5.74) is 7.47. The average Bonchev–Trinajstić information content (AvgIpc) is 2.59. The Morgan fingerprint density at radius 1 is 1.53 bits per heavy atom. The van der Waals surface area contributed by atoms with E-state index in [1.165, 1.54) is 5.56 Å². The van der Waals surface area contributed by atoms with Crippen molar-refractivity contribution < 1.29 is 0 Å². The fraction of sp³-hybridized carbons (Fsp3) is 0.615. The molecule has 2 atom stereocenters. The maximum Gasteiger partial charge on any atom is 0.0515 e. The summed E-state index contributed by atoms with van der Waals surface area (Å²) in [5.74, 6) is 0.669. The zero-order chi connectivity index (χ0) is 12.4. The van der Waals surface area contributed by atoms with Crippen molar-refractivity contribution in [3.8, 4) is 0 Å². The molecule has 1 aliphatic heterocycles. The zero-order valence-electron chi connectivity index (χ0n) is 10.4. The molecular formula is C13H20BrN3. The summed E-state index contributed by atoms with van der Waals surface area (Å²) in [7, 11) is 0. The molecule has 1 aromatic heterocycles. The van der Waals surface area contributed by atoms with Gasteiger partial charge in [0.15, 0.2) is 0 Å². The van der Waals surface area contributed by atoms with E-state index in [2.05, 4.69) is 45.7 Å². The van der Waals surface area contributed by atoms with Gasteiger partial charge in [-0.15, -0.1) is 0 Å². The minimum Gasteiger partial charge on any atom is -0.326 e. The molecule has 1 aliphatic rings. The van der Waals surface area contributed by atoms with Gasteiger partial charge in [-0.1, -0.05) is 13.8 Å². The zero-order valence-corrected chi connectivity index (χ0v) is 12.0. The first kappa shape index (κ1) is 13.0. The van der Waals surface area contributed by atoms with Crippen LogP contribution in [0, 0.1) is 5.92 Å². The number of nitrogens with two attached hydrogens (primary N) is 1. The highest BCUT2D eigenvalue weighted by Gasteiger charge is 2.33. The van der Waals surface area contributed by atoms with Crippen molar-refractivity contribution in [1.29, 1.82) is 0 Å². The summed E-state index contributed by atoms with van der Waals surface area (Å²) in [4.78, 5) is 6.73. The highest BCUT2D eigenvalue weighted by Crippen LogP contribution is 2.32. The summed E-state index contributed by atoms with van der Waals surface area (Å²) >= 11 is 3.48. The Bertz CT molecular complexity index is 381. The molecule has 17 heavy (non-hydrogen) atoms. The molecular weight excluding hydrogens is 278 g/mol. The van der Waals surface area contributed by atoms with Crippen LogP contribution in [0.15, 0.2) is 22.9 Å². The standard InChI is InChI=1S/C13H20BrN3/c1-9(2)8-17-4-3-12(15)13(17)10-5-11(14)7-16-6-10/h5-7,9,12-13H,3-4,8,15H2,1-2H3. The smallest absolute Gasteiger partial charge is 0.0515 e. The van der Waals surface area contributed by atoms with Crippen LogP contribution in [0.3, 0.4) is 0 Å². The van der Waals surface area contributed by atoms with Crippen LogP contribution in [0.2, 0.25) is 0 Å². The molecule has 0 amide bonds. The Labute approximate surface area is 112 Å². The van der Waals surface area contributed by atoms with Crippen LogP contribution in [0.4, 0.5) is 0 Å². The molecule has 4 heteroatoms. The lowest BCUT2D eigenvalue weighted by Crippen LogP contribution is -2.34. The number of rotatable bonds is 3. The van der Waals surface area contributed by atoms with E-state index in [4.69, 9.17) is 5.73 Å². The molecule has 1 aromatic rings. The largest absolute Gasteiger partial charge is 0.326 e. The number of likely N-dealkylation sites (tertiary alicyclic amines) is 1. The molecule has 0 aliphatic carbocycles. The lowest BCUT2D eigenvalue weighted by Gasteiger charge is -2.28. The molecule has 0 aromatic carbocycles. The Hall–Kier alpha value is -0.450. The summed E-state index contributed by atoms with van der Waals surface area (Å²) in [6.07, 6.45) is 4.83. The predicted molar refractivity (Wildman–Crippen MR) is 73.7 cm³/mol. The molecule has 0 spiro atoms. The third-order valence-corrected chi connectivity index (χ3v) is 3.65. The fourth-order valence-corrected chi connectivity index (χ4v) is 2.99. The van der Waals surface area contributed by atoms with E-state index in [-0.39, 0.29) is 6.04 Å². The number of halogens is 1. The summed E-state index contributed by atoms with van der Waals surface area (Å²) in [5, 5.41) is 0. The quantitative estimate of drug-likeness (QED) is 0.932. The van der Waals surface area contributed by atoms with E-state index in [1.807, 2.05) is 12.4 Å². The maximum atomic E-state index is 6.24. The Morgan fingerprint density at radius 3 is 2.94 bits per heavy atom. The lowest BCUT2D eigenvalue weighted by molar-refractivity contribution is 0.221. The molecule has 1 fully saturated rings. The minimum absolute atomic E-state index is 0.227. The molecule has 1 saturated heterocycles. The first-order valence-electron chi connectivity index (χ1n) is 6.18. The number of hydrogen-bond acceptors (Lipinski definition) is 3. The third kappa shape index (κ3) is 3.06. The first-order chi connectivity index (χ1) is 8.08. The number of nitrogens with zero attached hydrogens (tertiary/aromatic N) is 2. The third-order valence-electron chi connectivity index (χ3n) is 3.22. The van der Waals surface area contributed by atoms with Gasteiger partial charge in [0.25, 0.3) is 0 Å². The second-order valence-electron chi connectivity index (χ2n) is 5.22. The van der Waals surface area contributed by atoms with E-state index >= 15 is 0 Å². The predicted octanol–water partition coefficient (Wildman–Crippen LogP) is 2.57. The number of pyridine rings is 1. The second kappa shape index (κ2) is 5.46. The number of hydrogen-bond donors (Lipinski definition) is 1. The van der Waals surface area contributed by atoms with Gasteiger partial charge >= 0.3 is 0 Å². The van der Waals surface area contributed by atoms with Gasteiger partial charge in [0.2, 0.25) is 0 Å². The molecule has 0 bridgehead atoms. The van der Waals surface area contributed by atoms with Crippen LogP contribution >= 0.6 is 15.9 Å². The molecule has 0 radical (unpaired) electrons. The van der Waals surface area contributed by atoms with Crippen molar-refractivity contribution in [1.82, 2.24) is 9.88 Å². The van der Waals surface area contributed by atoms with Crippen molar-refractivity contribution in [2.24, 2.45) is 11.7 Å².